The van der Waals surface area contributed by atoms with Gasteiger partial charge in [-0.1, -0.05) is 23.4 Å². The lowest BCUT2D eigenvalue weighted by Gasteiger charge is -2.09. The summed E-state index contributed by atoms with van der Waals surface area (Å²) < 4.78 is 1.09. The van der Waals surface area contributed by atoms with Gasteiger partial charge in [-0.25, -0.2) is 4.99 Å². The van der Waals surface area contributed by atoms with E-state index in [-0.39, 0.29) is 18.2 Å². The van der Waals surface area contributed by atoms with Crippen LogP contribution in [-0.4, -0.2) is 34.2 Å². The Morgan fingerprint density at radius 2 is 1.88 bits per heavy atom. The van der Waals surface area contributed by atoms with Crippen LogP contribution in [0.3, 0.4) is 0 Å². The standard InChI is InChI=1S/C18H15ClIN3O2S/c1-23-17(25)15(10-16(24)21-13-8-4-12(20)5-9-13)26-18(23)22-14-6-2-11(19)3-7-14/h2-9,15H,10H2,1H3,(H,21,24)/t15-/m1/s1. The molecule has 3 rings (SSSR count). The molecule has 0 unspecified atom stereocenters. The van der Waals surface area contributed by atoms with Gasteiger partial charge < -0.3 is 5.32 Å². The number of amidine groups is 1. The summed E-state index contributed by atoms with van der Waals surface area (Å²) in [5, 5.41) is 3.55. The average molecular weight is 500 g/mol. The maximum absolute atomic E-state index is 12.4. The highest BCUT2D eigenvalue weighted by Crippen LogP contribution is 2.31. The smallest absolute Gasteiger partial charge is 0.242 e. The molecule has 0 spiro atoms. The van der Waals surface area contributed by atoms with Gasteiger partial charge in [-0.3, -0.25) is 14.5 Å². The van der Waals surface area contributed by atoms with Crippen LogP contribution < -0.4 is 5.32 Å². The van der Waals surface area contributed by atoms with E-state index in [0.717, 1.165) is 3.57 Å². The summed E-state index contributed by atoms with van der Waals surface area (Å²) in [7, 11) is 1.67. The monoisotopic (exact) mass is 499 g/mol. The van der Waals surface area contributed by atoms with Crippen molar-refractivity contribution in [3.8, 4) is 0 Å². The van der Waals surface area contributed by atoms with Crippen molar-refractivity contribution < 1.29 is 9.59 Å². The van der Waals surface area contributed by atoms with E-state index in [0.29, 0.717) is 21.6 Å². The molecule has 0 aliphatic carbocycles. The summed E-state index contributed by atoms with van der Waals surface area (Å²) >= 11 is 9.37. The summed E-state index contributed by atoms with van der Waals surface area (Å²) in [6, 6.07) is 14.6. The molecule has 0 bridgehead atoms. The summed E-state index contributed by atoms with van der Waals surface area (Å²) in [5.74, 6) is -0.321. The second-order valence-electron chi connectivity index (χ2n) is 5.63. The minimum Gasteiger partial charge on any atom is -0.326 e. The topological polar surface area (TPSA) is 61.8 Å². The third kappa shape index (κ3) is 4.77. The molecular weight excluding hydrogens is 485 g/mol. The lowest BCUT2D eigenvalue weighted by molar-refractivity contribution is -0.127. The number of amides is 2. The zero-order chi connectivity index (χ0) is 18.7. The highest BCUT2D eigenvalue weighted by molar-refractivity contribution is 14.1. The molecule has 0 radical (unpaired) electrons. The van der Waals surface area contributed by atoms with Crippen LogP contribution in [-0.2, 0) is 9.59 Å². The van der Waals surface area contributed by atoms with Crippen LogP contribution in [0.2, 0.25) is 5.02 Å². The van der Waals surface area contributed by atoms with Crippen LogP contribution >= 0.6 is 46.0 Å². The first-order valence-corrected chi connectivity index (χ1v) is 10.1. The molecule has 2 amide bonds. The number of carbonyl (C=O) groups excluding carboxylic acids is 2. The first-order valence-electron chi connectivity index (χ1n) is 7.76. The fraction of sp³-hybridized carbons (Fsp3) is 0.167. The molecule has 8 heteroatoms. The Hall–Kier alpha value is -1.58. The quantitative estimate of drug-likeness (QED) is 0.629. The van der Waals surface area contributed by atoms with Gasteiger partial charge in [0.05, 0.1) is 5.69 Å². The van der Waals surface area contributed by atoms with Gasteiger partial charge in [-0.2, -0.15) is 0 Å². The Morgan fingerprint density at radius 3 is 2.54 bits per heavy atom. The lowest BCUT2D eigenvalue weighted by atomic mass is 10.2. The van der Waals surface area contributed by atoms with Gasteiger partial charge >= 0.3 is 0 Å². The number of nitrogens with one attached hydrogen (secondary N) is 1. The van der Waals surface area contributed by atoms with Crippen LogP contribution in [0.25, 0.3) is 0 Å². The SMILES string of the molecule is CN1C(=O)[C@@H](CC(=O)Nc2ccc(I)cc2)SC1=Nc1ccc(Cl)cc1. The maximum Gasteiger partial charge on any atom is 0.242 e. The van der Waals surface area contributed by atoms with Crippen molar-refractivity contribution in [2.75, 3.05) is 12.4 Å². The molecular formula is C18H15ClIN3O2S. The predicted molar refractivity (Wildman–Crippen MR) is 115 cm³/mol. The molecule has 1 fully saturated rings. The van der Waals surface area contributed by atoms with Gasteiger partial charge in [0.2, 0.25) is 11.8 Å². The number of carbonyl (C=O) groups is 2. The van der Waals surface area contributed by atoms with Crippen molar-refractivity contribution in [3.63, 3.8) is 0 Å². The number of benzene rings is 2. The van der Waals surface area contributed by atoms with E-state index in [9.17, 15) is 9.59 Å². The first kappa shape index (κ1) is 19.2. The molecule has 5 nitrogen and oxygen atoms in total. The highest BCUT2D eigenvalue weighted by Gasteiger charge is 2.36. The minimum absolute atomic E-state index is 0.0967. The summed E-state index contributed by atoms with van der Waals surface area (Å²) in [5.41, 5.74) is 1.43. The van der Waals surface area contributed by atoms with Crippen LogP contribution in [0.1, 0.15) is 6.42 Å². The van der Waals surface area contributed by atoms with Crippen molar-refractivity contribution in [2.45, 2.75) is 11.7 Å². The molecule has 134 valence electrons. The third-order valence-electron chi connectivity index (χ3n) is 3.69. The maximum atomic E-state index is 12.4. The normalized spacial score (nSPS) is 18.4. The lowest BCUT2D eigenvalue weighted by Crippen LogP contribution is -2.30. The van der Waals surface area contributed by atoms with Gasteiger partial charge in [0, 0.05) is 27.7 Å². The third-order valence-corrected chi connectivity index (χ3v) is 5.89. The molecule has 2 aromatic carbocycles. The molecule has 1 aliphatic heterocycles. The summed E-state index contributed by atoms with van der Waals surface area (Å²) in [4.78, 5) is 30.6. The molecule has 0 saturated carbocycles. The second-order valence-corrected chi connectivity index (χ2v) is 8.49. The number of aliphatic imine (C=N–C) groups is 1. The minimum atomic E-state index is -0.477. The Labute approximate surface area is 174 Å². The molecule has 0 aromatic heterocycles. The van der Waals surface area contributed by atoms with Crippen molar-refractivity contribution in [3.05, 3.63) is 57.1 Å². The van der Waals surface area contributed by atoms with E-state index >= 15 is 0 Å². The molecule has 26 heavy (non-hydrogen) atoms. The van der Waals surface area contributed by atoms with Crippen molar-refractivity contribution in [2.24, 2.45) is 4.99 Å². The number of thioether (sulfide) groups is 1. The van der Waals surface area contributed by atoms with Gasteiger partial charge in [0.25, 0.3) is 0 Å². The van der Waals surface area contributed by atoms with Crippen molar-refractivity contribution in [1.82, 2.24) is 4.90 Å². The van der Waals surface area contributed by atoms with E-state index in [1.807, 2.05) is 24.3 Å². The molecule has 2 aromatic rings. The predicted octanol–water partition coefficient (Wildman–Crippen LogP) is 4.53. The molecule has 1 atom stereocenters. The molecule has 1 heterocycles. The van der Waals surface area contributed by atoms with Crippen LogP contribution in [0.4, 0.5) is 11.4 Å². The van der Waals surface area contributed by atoms with E-state index in [1.54, 1.807) is 31.3 Å². The van der Waals surface area contributed by atoms with E-state index in [4.69, 9.17) is 11.6 Å². The summed E-state index contributed by atoms with van der Waals surface area (Å²) in [6.45, 7) is 0. The Bertz CT molecular complexity index is 856. The van der Waals surface area contributed by atoms with E-state index in [2.05, 4.69) is 32.9 Å². The highest BCUT2D eigenvalue weighted by atomic mass is 127. The largest absolute Gasteiger partial charge is 0.326 e. The molecule has 1 saturated heterocycles. The van der Waals surface area contributed by atoms with Gasteiger partial charge in [0.1, 0.15) is 5.25 Å². The zero-order valence-electron chi connectivity index (χ0n) is 13.8. The Balaban J connectivity index is 1.65. The van der Waals surface area contributed by atoms with Gasteiger partial charge in [0.15, 0.2) is 5.17 Å². The second kappa shape index (κ2) is 8.41. The number of nitrogens with zero attached hydrogens (tertiary/aromatic N) is 2. The van der Waals surface area contributed by atoms with Crippen LogP contribution in [0.5, 0.6) is 0 Å². The fourth-order valence-corrected chi connectivity index (χ4v) is 3.98. The number of rotatable bonds is 4. The average Bonchev–Trinajstić information content (AvgIpc) is 2.87. The van der Waals surface area contributed by atoms with Crippen LogP contribution in [0, 0.1) is 3.57 Å². The van der Waals surface area contributed by atoms with Crippen molar-refractivity contribution >= 4 is 74.3 Å². The van der Waals surface area contributed by atoms with Gasteiger partial charge in [-0.05, 0) is 71.1 Å². The fourth-order valence-electron chi connectivity index (χ4n) is 2.34. The van der Waals surface area contributed by atoms with E-state index in [1.165, 1.54) is 16.7 Å². The first-order chi connectivity index (χ1) is 12.4. The molecule has 1 N–H and O–H groups in total. The zero-order valence-corrected chi connectivity index (χ0v) is 17.5. The Morgan fingerprint density at radius 1 is 1.23 bits per heavy atom. The number of hydrogen-bond donors (Lipinski definition) is 1. The van der Waals surface area contributed by atoms with Gasteiger partial charge in [-0.15, -0.1) is 0 Å². The van der Waals surface area contributed by atoms with Crippen LogP contribution in [0.15, 0.2) is 53.5 Å². The van der Waals surface area contributed by atoms with Crippen molar-refractivity contribution in [1.29, 1.82) is 0 Å². The summed E-state index contributed by atoms with van der Waals surface area (Å²) in [6.07, 6.45) is 0.0967. The molecule has 1 aliphatic rings. The Kier molecular flexibility index (Phi) is 6.20. The number of halogens is 2. The van der Waals surface area contributed by atoms with E-state index < -0.39 is 5.25 Å². The number of hydrogen-bond acceptors (Lipinski definition) is 4. The number of anilines is 1.